The molecule has 0 heterocycles. The lowest BCUT2D eigenvalue weighted by Crippen LogP contribution is -2.32. The molecule has 1 unspecified atom stereocenters. The van der Waals surface area contributed by atoms with Crippen molar-refractivity contribution in [3.63, 3.8) is 0 Å². The second kappa shape index (κ2) is 22.5. The van der Waals surface area contributed by atoms with Crippen LogP contribution in [0.4, 0.5) is 62.6 Å². The Morgan fingerprint density at radius 2 is 0.565 bits per heavy atom. The average Bonchev–Trinajstić information content (AvgIpc) is 1.89. The van der Waals surface area contributed by atoms with Gasteiger partial charge in [-0.3, -0.25) is 0 Å². The number of anilines is 11. The van der Waals surface area contributed by atoms with Gasteiger partial charge in [0.25, 0.3) is 0 Å². The molecular formula is C81H66N4. The molecule has 4 nitrogen and oxygen atoms in total. The Kier molecular flexibility index (Phi) is 13.7. The van der Waals surface area contributed by atoms with Crippen molar-refractivity contribution in [3.8, 4) is 33.4 Å². The number of aryl methyl sites for hydroxylation is 1. The summed E-state index contributed by atoms with van der Waals surface area (Å²) in [5, 5.41) is 0. The van der Waals surface area contributed by atoms with Crippen LogP contribution >= 0.6 is 0 Å². The second-order valence-corrected chi connectivity index (χ2v) is 23.1. The number of hydrogen-bond donors (Lipinski definition) is 0. The molecule has 1 spiro atoms. The lowest BCUT2D eigenvalue weighted by Gasteiger charge is -2.36. The summed E-state index contributed by atoms with van der Waals surface area (Å²) in [6.07, 6.45) is 8.40. The molecule has 12 aromatic carbocycles. The number of rotatable bonds is 14. The van der Waals surface area contributed by atoms with E-state index in [4.69, 9.17) is 0 Å². The van der Waals surface area contributed by atoms with Crippen LogP contribution in [0.1, 0.15) is 60.8 Å². The summed E-state index contributed by atoms with van der Waals surface area (Å²) in [7, 11) is 0. The zero-order valence-corrected chi connectivity index (χ0v) is 47.8. The van der Waals surface area contributed by atoms with Gasteiger partial charge in [0.05, 0.1) is 0 Å². The van der Waals surface area contributed by atoms with Crippen molar-refractivity contribution in [2.75, 3.05) is 19.6 Å². The third-order valence-corrected chi connectivity index (χ3v) is 18.2. The first-order chi connectivity index (χ1) is 42.1. The lowest BCUT2D eigenvalue weighted by atomic mass is 9.73. The Labute approximate surface area is 500 Å². The van der Waals surface area contributed by atoms with Crippen LogP contribution in [-0.2, 0) is 11.8 Å². The Morgan fingerprint density at radius 1 is 0.259 bits per heavy atom. The molecule has 12 aromatic rings. The molecule has 0 aliphatic heterocycles. The minimum atomic E-state index is -0.340. The largest absolute Gasteiger partial charge is 0.338 e. The monoisotopic (exact) mass is 1090 g/mol. The smallest absolute Gasteiger partial charge is 0.0471 e. The summed E-state index contributed by atoms with van der Waals surface area (Å²) in [6, 6.07) is 115. The fraction of sp³-hybridized carbons (Fsp3) is 0.111. The molecule has 0 aromatic heterocycles. The molecule has 1 fully saturated rings. The van der Waals surface area contributed by atoms with Crippen LogP contribution in [0.25, 0.3) is 33.4 Å². The van der Waals surface area contributed by atoms with Gasteiger partial charge in [0.1, 0.15) is 0 Å². The van der Waals surface area contributed by atoms with Crippen LogP contribution in [0.3, 0.4) is 0 Å². The maximum Gasteiger partial charge on any atom is 0.0471 e. The highest BCUT2D eigenvalue weighted by atomic mass is 15.2. The van der Waals surface area contributed by atoms with E-state index in [2.05, 4.69) is 329 Å². The predicted octanol–water partition coefficient (Wildman–Crippen LogP) is 22.2. The van der Waals surface area contributed by atoms with Gasteiger partial charge in [0.15, 0.2) is 0 Å². The predicted molar refractivity (Wildman–Crippen MR) is 357 cm³/mol. The standard InChI is InChI=1S/C81H66N4/c1-7-22-64(23-8-1)82(65-24-9-2-10-25-65)70-43-35-59(36-44-70)61-39-47-72(48-40-61)84(68-30-15-5-16-31-68)74-51-53-76-77-54-52-75(58-80(77)81(79(76)57-74)56-55-63-21-19-20-34-78(63)81)85(69-32-17-6-18-33-69)73-49-41-62(42-50-73)60-37-45-71(46-38-60)83(66-26-11-3-12-27-66)67-28-13-4-14-29-67/h1-3,5-12,15-27,30-54,57-58,67H,4,13-14,28-29,55-56H2. The second-order valence-electron chi connectivity index (χ2n) is 23.1. The Morgan fingerprint density at radius 3 is 0.965 bits per heavy atom. The fourth-order valence-corrected chi connectivity index (χ4v) is 14.2. The Balaban J connectivity index is 0.765. The van der Waals surface area contributed by atoms with Crippen LogP contribution in [0.5, 0.6) is 0 Å². The molecule has 410 valence electrons. The molecule has 0 saturated heterocycles. The lowest BCUT2D eigenvalue weighted by molar-refractivity contribution is 0.436. The number of benzene rings is 12. The van der Waals surface area contributed by atoms with E-state index in [0.29, 0.717) is 6.04 Å². The van der Waals surface area contributed by atoms with Crippen LogP contribution in [0, 0.1) is 0 Å². The highest BCUT2D eigenvalue weighted by Gasteiger charge is 2.49. The molecule has 1 atom stereocenters. The maximum atomic E-state index is 2.58. The minimum absolute atomic E-state index is 0.340. The first-order valence-corrected chi connectivity index (χ1v) is 30.4. The van der Waals surface area contributed by atoms with Crippen LogP contribution in [0.15, 0.2) is 309 Å². The molecule has 15 rings (SSSR count). The molecule has 85 heavy (non-hydrogen) atoms. The van der Waals surface area contributed by atoms with E-state index in [9.17, 15) is 0 Å². The summed E-state index contributed by atoms with van der Waals surface area (Å²) in [5.74, 6) is 0. The topological polar surface area (TPSA) is 13.0 Å². The number of nitrogens with zero attached hydrogens (tertiary/aromatic N) is 4. The van der Waals surface area contributed by atoms with Gasteiger partial charge in [-0.2, -0.15) is 0 Å². The minimum Gasteiger partial charge on any atom is -0.338 e. The van der Waals surface area contributed by atoms with Crippen molar-refractivity contribution < 1.29 is 0 Å². The van der Waals surface area contributed by atoms with Gasteiger partial charge >= 0.3 is 0 Å². The molecule has 1 saturated carbocycles. The van der Waals surface area contributed by atoms with E-state index in [0.717, 1.165) is 64.0 Å². The van der Waals surface area contributed by atoms with Crippen molar-refractivity contribution >= 4 is 62.6 Å². The van der Waals surface area contributed by atoms with E-state index in [1.54, 1.807) is 0 Å². The number of para-hydroxylation sites is 5. The van der Waals surface area contributed by atoms with Gasteiger partial charge in [-0.1, -0.05) is 195 Å². The third-order valence-electron chi connectivity index (χ3n) is 18.2. The van der Waals surface area contributed by atoms with Gasteiger partial charge < -0.3 is 19.6 Å². The quantitative estimate of drug-likeness (QED) is 0.108. The molecule has 4 heteroatoms. The van der Waals surface area contributed by atoms with Crippen molar-refractivity contribution in [1.82, 2.24) is 0 Å². The molecule has 3 aliphatic carbocycles. The third kappa shape index (κ3) is 9.64. The van der Waals surface area contributed by atoms with Gasteiger partial charge in [-0.15, -0.1) is 0 Å². The van der Waals surface area contributed by atoms with Crippen molar-refractivity contribution in [3.05, 3.63) is 332 Å². The zero-order chi connectivity index (χ0) is 56.5. The number of hydrogen-bond acceptors (Lipinski definition) is 4. The van der Waals surface area contributed by atoms with E-state index < -0.39 is 0 Å². The van der Waals surface area contributed by atoms with Gasteiger partial charge in [0.2, 0.25) is 0 Å². The average molecular weight is 1100 g/mol. The van der Waals surface area contributed by atoms with Crippen LogP contribution < -0.4 is 19.6 Å². The number of fused-ring (bicyclic) bond motifs is 7. The summed E-state index contributed by atoms with van der Waals surface area (Å²) >= 11 is 0. The van der Waals surface area contributed by atoms with Crippen molar-refractivity contribution in [2.24, 2.45) is 0 Å². The molecule has 0 N–H and O–H groups in total. The van der Waals surface area contributed by atoms with E-state index >= 15 is 0 Å². The van der Waals surface area contributed by atoms with Crippen molar-refractivity contribution in [2.45, 2.75) is 56.4 Å². The SMILES string of the molecule is c1ccc(N(c2ccccc2)c2ccc(-c3ccc(N(c4ccccc4)c4ccc5c(c4)C4(CCc6ccccc64)c4cc(N(c6ccccc6)c6ccc(-c7ccc(N(c8ccccc8)C8CCCCC8)cc7)cc6)ccc4-5)cc3)cc2)cc1. The first kappa shape index (κ1) is 51.7. The van der Waals surface area contributed by atoms with E-state index in [1.165, 1.54) is 99.1 Å². The molecular weight excluding hydrogens is 1030 g/mol. The Bertz CT molecular complexity index is 4200. The van der Waals surface area contributed by atoms with E-state index in [-0.39, 0.29) is 5.41 Å². The molecule has 0 amide bonds. The summed E-state index contributed by atoms with van der Waals surface area (Å²) in [5.41, 5.74) is 25.3. The van der Waals surface area contributed by atoms with E-state index in [1.807, 2.05) is 0 Å². The molecule has 0 radical (unpaired) electrons. The summed E-state index contributed by atoms with van der Waals surface area (Å²) in [6.45, 7) is 0. The summed E-state index contributed by atoms with van der Waals surface area (Å²) in [4.78, 5) is 9.76. The van der Waals surface area contributed by atoms with Gasteiger partial charge in [0, 0.05) is 74.0 Å². The first-order valence-electron chi connectivity index (χ1n) is 30.4. The van der Waals surface area contributed by atoms with Gasteiger partial charge in [-0.05, 0) is 215 Å². The normalized spacial score (nSPS) is 15.0. The maximum absolute atomic E-state index is 2.58. The van der Waals surface area contributed by atoms with Gasteiger partial charge in [-0.25, -0.2) is 0 Å². The van der Waals surface area contributed by atoms with Crippen molar-refractivity contribution in [1.29, 1.82) is 0 Å². The zero-order valence-electron chi connectivity index (χ0n) is 47.8. The molecule has 3 aliphatic rings. The fourth-order valence-electron chi connectivity index (χ4n) is 14.2. The summed E-state index contributed by atoms with van der Waals surface area (Å²) < 4.78 is 0. The van der Waals surface area contributed by atoms with Crippen LogP contribution in [-0.4, -0.2) is 6.04 Å². The Hall–Kier alpha value is -10.2. The highest BCUT2D eigenvalue weighted by Crippen LogP contribution is 2.60. The van der Waals surface area contributed by atoms with Crippen LogP contribution in [0.2, 0.25) is 0 Å². The highest BCUT2D eigenvalue weighted by molar-refractivity contribution is 5.91. The molecule has 0 bridgehead atoms.